The van der Waals surface area contributed by atoms with E-state index in [1.165, 1.54) is 5.56 Å². The van der Waals surface area contributed by atoms with Gasteiger partial charge in [0.2, 0.25) is 5.91 Å². The van der Waals surface area contributed by atoms with Crippen molar-refractivity contribution in [1.82, 2.24) is 0 Å². The van der Waals surface area contributed by atoms with Gasteiger partial charge in [-0.05, 0) is 50.2 Å². The summed E-state index contributed by atoms with van der Waals surface area (Å²) < 4.78 is 0. The number of aryl methyl sites for hydroxylation is 1. The van der Waals surface area contributed by atoms with Gasteiger partial charge in [0.1, 0.15) is 0 Å². The number of nitrogens with two attached hydrogens (primary N) is 1. The summed E-state index contributed by atoms with van der Waals surface area (Å²) in [7, 11) is 0. The van der Waals surface area contributed by atoms with Crippen molar-refractivity contribution in [2.24, 2.45) is 17.1 Å². The molecule has 0 aromatic heterocycles. The van der Waals surface area contributed by atoms with Gasteiger partial charge in [0.25, 0.3) is 0 Å². The maximum Gasteiger partial charge on any atom is 0.234 e. The Morgan fingerprint density at radius 3 is 2.70 bits per heavy atom. The second kappa shape index (κ2) is 4.88. The number of nitrogens with zero attached hydrogens (tertiary/aromatic N) is 1. The van der Waals surface area contributed by atoms with Crippen LogP contribution in [-0.2, 0) is 11.2 Å². The Morgan fingerprint density at radius 1 is 1.35 bits per heavy atom. The largest absolute Gasteiger partial charge is 0.329 e. The molecule has 1 heterocycles. The van der Waals surface area contributed by atoms with Crippen molar-refractivity contribution >= 4 is 11.6 Å². The van der Waals surface area contributed by atoms with E-state index in [0.29, 0.717) is 12.5 Å². The highest BCUT2D eigenvalue weighted by Gasteiger charge is 2.50. The van der Waals surface area contributed by atoms with E-state index in [9.17, 15) is 4.79 Å². The first kappa shape index (κ1) is 13.6. The molecule has 1 aromatic carbocycles. The van der Waals surface area contributed by atoms with Crippen molar-refractivity contribution < 1.29 is 4.79 Å². The minimum Gasteiger partial charge on any atom is -0.329 e. The summed E-state index contributed by atoms with van der Waals surface area (Å²) in [5, 5.41) is 0. The Morgan fingerprint density at radius 2 is 2.05 bits per heavy atom. The van der Waals surface area contributed by atoms with Crippen LogP contribution in [0.2, 0.25) is 0 Å². The fraction of sp³-hybridized carbons (Fsp3) is 0.588. The molecule has 3 heteroatoms. The molecule has 3 nitrogen and oxygen atoms in total. The molecule has 108 valence electrons. The highest BCUT2D eigenvalue weighted by molar-refractivity contribution is 6.00. The van der Waals surface area contributed by atoms with Crippen molar-refractivity contribution in [3.8, 4) is 0 Å². The number of fused-ring (bicyclic) bond motifs is 1. The van der Waals surface area contributed by atoms with E-state index in [1.54, 1.807) is 0 Å². The van der Waals surface area contributed by atoms with Crippen LogP contribution < -0.4 is 10.6 Å². The van der Waals surface area contributed by atoms with Crippen LogP contribution in [0.4, 0.5) is 5.69 Å². The van der Waals surface area contributed by atoms with Gasteiger partial charge in [0, 0.05) is 18.3 Å². The summed E-state index contributed by atoms with van der Waals surface area (Å²) in [4.78, 5) is 15.1. The van der Waals surface area contributed by atoms with E-state index in [-0.39, 0.29) is 17.4 Å². The normalized spacial score (nSPS) is 32.5. The summed E-state index contributed by atoms with van der Waals surface area (Å²) in [5.41, 5.74) is 8.04. The van der Waals surface area contributed by atoms with E-state index in [0.717, 1.165) is 31.4 Å². The molecule has 1 aliphatic heterocycles. The highest BCUT2D eigenvalue weighted by Crippen LogP contribution is 2.47. The molecule has 1 unspecified atom stereocenters. The Labute approximate surface area is 121 Å². The van der Waals surface area contributed by atoms with Gasteiger partial charge in [-0.15, -0.1) is 0 Å². The summed E-state index contributed by atoms with van der Waals surface area (Å²) >= 11 is 0. The maximum absolute atomic E-state index is 13.1. The predicted molar refractivity (Wildman–Crippen MR) is 81.6 cm³/mol. The summed E-state index contributed by atoms with van der Waals surface area (Å²) in [6.45, 7) is 4.83. The van der Waals surface area contributed by atoms with Gasteiger partial charge in [-0.2, -0.15) is 0 Å². The number of hydrogen-bond acceptors (Lipinski definition) is 2. The van der Waals surface area contributed by atoms with E-state index in [4.69, 9.17) is 5.73 Å². The molecular formula is C17H24N2O. The number of rotatable bonds is 2. The fourth-order valence-electron chi connectivity index (χ4n) is 3.96. The van der Waals surface area contributed by atoms with Crippen molar-refractivity contribution in [3.63, 3.8) is 0 Å². The lowest BCUT2D eigenvalue weighted by atomic mass is 9.61. The third kappa shape index (κ3) is 1.96. The van der Waals surface area contributed by atoms with Gasteiger partial charge in [0.15, 0.2) is 0 Å². The number of benzene rings is 1. The molecule has 0 saturated heterocycles. The summed E-state index contributed by atoms with van der Waals surface area (Å²) in [6, 6.07) is 8.57. The monoisotopic (exact) mass is 272 g/mol. The number of anilines is 1. The Hall–Kier alpha value is -1.35. The van der Waals surface area contributed by atoms with Crippen molar-refractivity contribution in [2.75, 3.05) is 11.4 Å². The molecule has 0 radical (unpaired) electrons. The second-order valence-electron chi connectivity index (χ2n) is 6.69. The number of carbonyl (C=O) groups excluding carboxylic acids is 1. The number of hydrogen-bond donors (Lipinski definition) is 1. The van der Waals surface area contributed by atoms with Crippen LogP contribution in [0.25, 0.3) is 0 Å². The lowest BCUT2D eigenvalue weighted by Crippen LogP contribution is -2.57. The van der Waals surface area contributed by atoms with Crippen molar-refractivity contribution in [3.05, 3.63) is 29.8 Å². The lowest BCUT2D eigenvalue weighted by molar-refractivity contribution is -0.135. The zero-order valence-electron chi connectivity index (χ0n) is 12.4. The lowest BCUT2D eigenvalue weighted by Gasteiger charge is -2.49. The smallest absolute Gasteiger partial charge is 0.234 e. The van der Waals surface area contributed by atoms with E-state index in [1.807, 2.05) is 11.0 Å². The number of para-hydroxylation sites is 1. The predicted octanol–water partition coefficient (Wildman–Crippen LogP) is 2.73. The van der Waals surface area contributed by atoms with Gasteiger partial charge in [-0.25, -0.2) is 0 Å². The molecule has 2 N–H and O–H groups in total. The van der Waals surface area contributed by atoms with Crippen LogP contribution >= 0.6 is 0 Å². The van der Waals surface area contributed by atoms with Crippen LogP contribution in [0.15, 0.2) is 24.3 Å². The van der Waals surface area contributed by atoms with Gasteiger partial charge in [-0.1, -0.05) is 25.1 Å². The van der Waals surface area contributed by atoms with Gasteiger partial charge >= 0.3 is 0 Å². The Kier molecular flexibility index (Phi) is 3.33. The molecule has 3 rings (SSSR count). The minimum atomic E-state index is -0.307. The molecule has 1 amide bonds. The van der Waals surface area contributed by atoms with Gasteiger partial charge in [0.05, 0.1) is 5.41 Å². The quantitative estimate of drug-likeness (QED) is 0.900. The SMILES string of the molecule is CC1CC(CN)(C(=O)N2c3ccccc3CCC2C)C1. The number of carbonyl (C=O) groups is 1. The molecule has 1 saturated carbocycles. The second-order valence-corrected chi connectivity index (χ2v) is 6.69. The molecule has 1 fully saturated rings. The highest BCUT2D eigenvalue weighted by atomic mass is 16.2. The first-order valence-corrected chi connectivity index (χ1v) is 7.69. The van der Waals surface area contributed by atoms with E-state index >= 15 is 0 Å². The summed E-state index contributed by atoms with van der Waals surface area (Å²) in [6.07, 6.45) is 3.98. The molecule has 20 heavy (non-hydrogen) atoms. The molecule has 1 aromatic rings. The van der Waals surface area contributed by atoms with E-state index in [2.05, 4.69) is 32.0 Å². The molecule has 1 aliphatic carbocycles. The molecule has 0 bridgehead atoms. The fourth-order valence-corrected chi connectivity index (χ4v) is 3.96. The third-order valence-electron chi connectivity index (χ3n) is 5.06. The first-order chi connectivity index (χ1) is 9.57. The van der Waals surface area contributed by atoms with Crippen LogP contribution in [0.1, 0.15) is 38.7 Å². The Balaban J connectivity index is 1.95. The van der Waals surface area contributed by atoms with Crippen LogP contribution in [0, 0.1) is 11.3 Å². The van der Waals surface area contributed by atoms with Crippen LogP contribution in [0.3, 0.4) is 0 Å². The zero-order valence-corrected chi connectivity index (χ0v) is 12.4. The van der Waals surface area contributed by atoms with Gasteiger partial charge in [-0.3, -0.25) is 4.79 Å². The average molecular weight is 272 g/mol. The topological polar surface area (TPSA) is 46.3 Å². The van der Waals surface area contributed by atoms with Crippen LogP contribution in [-0.4, -0.2) is 18.5 Å². The molecule has 1 atom stereocenters. The van der Waals surface area contributed by atoms with Crippen LogP contribution in [0.5, 0.6) is 0 Å². The third-order valence-corrected chi connectivity index (χ3v) is 5.06. The van der Waals surface area contributed by atoms with Gasteiger partial charge < -0.3 is 10.6 Å². The summed E-state index contributed by atoms with van der Waals surface area (Å²) in [5.74, 6) is 0.871. The molecular weight excluding hydrogens is 248 g/mol. The van der Waals surface area contributed by atoms with E-state index < -0.39 is 0 Å². The zero-order chi connectivity index (χ0) is 14.3. The van der Waals surface area contributed by atoms with Crippen molar-refractivity contribution in [1.29, 1.82) is 0 Å². The standard InChI is InChI=1S/C17H24N2O/c1-12-9-17(10-12,11-18)16(20)19-13(2)7-8-14-5-3-4-6-15(14)19/h3-6,12-13H,7-11,18H2,1-2H3. The first-order valence-electron chi connectivity index (χ1n) is 7.69. The minimum absolute atomic E-state index is 0.248. The molecule has 0 spiro atoms. The molecule has 2 aliphatic rings. The Bertz CT molecular complexity index is 519. The van der Waals surface area contributed by atoms with Crippen molar-refractivity contribution in [2.45, 2.75) is 45.6 Å². The number of amides is 1. The average Bonchev–Trinajstić information content (AvgIpc) is 2.43. The maximum atomic E-state index is 13.1.